The normalized spacial score (nSPS) is 15.6. The lowest BCUT2D eigenvalue weighted by atomic mass is 9.91. The minimum atomic E-state index is 0.0802. The van der Waals surface area contributed by atoms with Gasteiger partial charge in [-0.25, -0.2) is 0 Å². The number of carbonyl (C=O) groups is 1. The van der Waals surface area contributed by atoms with Crippen molar-refractivity contribution in [3.8, 4) is 0 Å². The largest absolute Gasteiger partial charge is 0.469 e. The molecule has 1 heterocycles. The van der Waals surface area contributed by atoms with Crippen molar-refractivity contribution in [3.05, 3.63) is 23.7 Å². The summed E-state index contributed by atoms with van der Waals surface area (Å²) < 4.78 is 5.20. The van der Waals surface area contributed by atoms with Crippen LogP contribution in [-0.2, 0) is 0 Å². The number of halogens is 1. The zero-order valence-electron chi connectivity index (χ0n) is 10.1. The van der Waals surface area contributed by atoms with Gasteiger partial charge in [0.15, 0.2) is 0 Å². The van der Waals surface area contributed by atoms with Crippen LogP contribution in [0.1, 0.15) is 41.8 Å². The van der Waals surface area contributed by atoms with E-state index in [0.29, 0.717) is 17.5 Å². The molecular formula is C13H18ClNO2. The lowest BCUT2D eigenvalue weighted by Crippen LogP contribution is -2.44. The van der Waals surface area contributed by atoms with Crippen molar-refractivity contribution in [2.45, 2.75) is 38.6 Å². The standard InChI is InChI=1S/C13H18ClNO2/c1-10-8-11(9-17-10)13(16)15(7-3-6-14)12-4-2-5-12/h8-9,12H,2-7H2,1H3. The maximum atomic E-state index is 12.3. The topological polar surface area (TPSA) is 33.5 Å². The van der Waals surface area contributed by atoms with Gasteiger partial charge >= 0.3 is 0 Å². The molecule has 1 aromatic heterocycles. The predicted octanol–water partition coefficient (Wildman–Crippen LogP) is 3.21. The van der Waals surface area contributed by atoms with E-state index in [2.05, 4.69) is 0 Å². The molecule has 1 fully saturated rings. The number of alkyl halides is 1. The molecule has 94 valence electrons. The second-order valence-electron chi connectivity index (χ2n) is 4.57. The number of amides is 1. The van der Waals surface area contributed by atoms with Crippen LogP contribution in [0.2, 0.25) is 0 Å². The molecule has 1 aliphatic rings. The highest BCUT2D eigenvalue weighted by atomic mass is 35.5. The summed E-state index contributed by atoms with van der Waals surface area (Å²) in [4.78, 5) is 14.3. The summed E-state index contributed by atoms with van der Waals surface area (Å²) in [6.45, 7) is 2.60. The van der Waals surface area contributed by atoms with Crippen molar-refractivity contribution >= 4 is 17.5 Å². The average molecular weight is 256 g/mol. The number of hydrogen-bond donors (Lipinski definition) is 0. The van der Waals surface area contributed by atoms with E-state index in [1.165, 1.54) is 6.42 Å². The average Bonchev–Trinajstić information content (AvgIpc) is 2.67. The Kier molecular flexibility index (Phi) is 4.11. The molecule has 4 heteroatoms. The number of furan rings is 1. The first-order valence-corrected chi connectivity index (χ1v) is 6.68. The Bertz CT molecular complexity index is 385. The zero-order valence-corrected chi connectivity index (χ0v) is 10.9. The molecule has 3 nitrogen and oxygen atoms in total. The lowest BCUT2D eigenvalue weighted by molar-refractivity contribution is 0.0580. The van der Waals surface area contributed by atoms with Crippen molar-refractivity contribution < 1.29 is 9.21 Å². The molecule has 0 atom stereocenters. The van der Waals surface area contributed by atoms with Gasteiger partial charge in [0.25, 0.3) is 5.91 Å². The number of nitrogens with zero attached hydrogens (tertiary/aromatic N) is 1. The Morgan fingerprint density at radius 3 is 2.82 bits per heavy atom. The summed E-state index contributed by atoms with van der Waals surface area (Å²) >= 11 is 5.71. The van der Waals surface area contributed by atoms with Crippen LogP contribution in [0.15, 0.2) is 16.7 Å². The Morgan fingerprint density at radius 2 is 2.35 bits per heavy atom. The molecule has 17 heavy (non-hydrogen) atoms. The van der Waals surface area contributed by atoms with E-state index >= 15 is 0 Å². The van der Waals surface area contributed by atoms with Crippen LogP contribution in [0.4, 0.5) is 0 Å². The number of rotatable bonds is 5. The van der Waals surface area contributed by atoms with Gasteiger partial charge in [-0.3, -0.25) is 4.79 Å². The maximum Gasteiger partial charge on any atom is 0.257 e. The summed E-state index contributed by atoms with van der Waals surface area (Å²) in [6, 6.07) is 2.20. The first kappa shape index (κ1) is 12.5. The molecule has 0 unspecified atom stereocenters. The Morgan fingerprint density at radius 1 is 1.59 bits per heavy atom. The summed E-state index contributed by atoms with van der Waals surface area (Å²) in [7, 11) is 0. The third kappa shape index (κ3) is 2.83. The van der Waals surface area contributed by atoms with Gasteiger partial charge in [-0.2, -0.15) is 0 Å². The predicted molar refractivity (Wildman–Crippen MR) is 67.5 cm³/mol. The van der Waals surface area contributed by atoms with Crippen LogP contribution in [0.5, 0.6) is 0 Å². The van der Waals surface area contributed by atoms with Crippen molar-refractivity contribution in [2.24, 2.45) is 0 Å². The van der Waals surface area contributed by atoms with Gasteiger partial charge in [0, 0.05) is 18.5 Å². The molecule has 0 radical (unpaired) electrons. The van der Waals surface area contributed by atoms with Crippen LogP contribution < -0.4 is 0 Å². The summed E-state index contributed by atoms with van der Waals surface area (Å²) in [5.41, 5.74) is 0.656. The fourth-order valence-electron chi connectivity index (χ4n) is 2.10. The van der Waals surface area contributed by atoms with Crippen LogP contribution in [0.25, 0.3) is 0 Å². The molecular weight excluding hydrogens is 238 g/mol. The van der Waals surface area contributed by atoms with Gasteiger partial charge in [0.2, 0.25) is 0 Å². The summed E-state index contributed by atoms with van der Waals surface area (Å²) in [6.07, 6.45) is 5.85. The van der Waals surface area contributed by atoms with Crippen molar-refractivity contribution in [2.75, 3.05) is 12.4 Å². The van der Waals surface area contributed by atoms with E-state index in [0.717, 1.165) is 31.6 Å². The van der Waals surface area contributed by atoms with Crippen LogP contribution in [0.3, 0.4) is 0 Å². The van der Waals surface area contributed by atoms with E-state index in [1.54, 1.807) is 12.3 Å². The number of aryl methyl sites for hydroxylation is 1. The molecule has 0 saturated heterocycles. The molecule has 0 N–H and O–H groups in total. The molecule has 1 amide bonds. The van der Waals surface area contributed by atoms with Crippen molar-refractivity contribution in [1.29, 1.82) is 0 Å². The molecule has 0 aromatic carbocycles. The molecule has 0 aliphatic heterocycles. The molecule has 1 saturated carbocycles. The monoisotopic (exact) mass is 255 g/mol. The SMILES string of the molecule is Cc1cc(C(=O)N(CCCCl)C2CCC2)co1. The molecule has 0 spiro atoms. The molecule has 0 bridgehead atoms. The molecule has 1 aromatic rings. The van der Waals surface area contributed by atoms with E-state index in [1.807, 2.05) is 11.8 Å². The highest BCUT2D eigenvalue weighted by Gasteiger charge is 2.29. The fourth-order valence-corrected chi connectivity index (χ4v) is 2.22. The van der Waals surface area contributed by atoms with E-state index in [9.17, 15) is 4.79 Å². The van der Waals surface area contributed by atoms with Crippen molar-refractivity contribution in [3.63, 3.8) is 0 Å². The van der Waals surface area contributed by atoms with E-state index in [-0.39, 0.29) is 5.91 Å². The van der Waals surface area contributed by atoms with Gasteiger partial charge in [0.05, 0.1) is 5.56 Å². The minimum absolute atomic E-state index is 0.0802. The molecule has 2 rings (SSSR count). The Labute approximate surface area is 107 Å². The fraction of sp³-hybridized carbons (Fsp3) is 0.615. The lowest BCUT2D eigenvalue weighted by Gasteiger charge is -2.37. The van der Waals surface area contributed by atoms with Crippen LogP contribution in [-0.4, -0.2) is 29.3 Å². The first-order valence-electron chi connectivity index (χ1n) is 6.14. The zero-order chi connectivity index (χ0) is 12.3. The Hall–Kier alpha value is -0.960. The van der Waals surface area contributed by atoms with Gasteiger partial charge in [-0.1, -0.05) is 0 Å². The summed E-state index contributed by atoms with van der Waals surface area (Å²) in [5, 5.41) is 0. The highest BCUT2D eigenvalue weighted by Crippen LogP contribution is 2.26. The van der Waals surface area contributed by atoms with Gasteiger partial charge in [-0.15, -0.1) is 11.6 Å². The van der Waals surface area contributed by atoms with Crippen LogP contribution in [0, 0.1) is 6.92 Å². The second-order valence-corrected chi connectivity index (χ2v) is 4.95. The molecule has 1 aliphatic carbocycles. The van der Waals surface area contributed by atoms with E-state index < -0.39 is 0 Å². The second kappa shape index (κ2) is 5.58. The smallest absolute Gasteiger partial charge is 0.257 e. The third-order valence-electron chi connectivity index (χ3n) is 3.29. The number of hydrogen-bond acceptors (Lipinski definition) is 2. The maximum absolute atomic E-state index is 12.3. The summed E-state index contributed by atoms with van der Waals surface area (Å²) in [5.74, 6) is 1.46. The minimum Gasteiger partial charge on any atom is -0.469 e. The highest BCUT2D eigenvalue weighted by molar-refractivity contribution is 6.17. The quantitative estimate of drug-likeness (QED) is 0.757. The third-order valence-corrected chi connectivity index (χ3v) is 3.55. The van der Waals surface area contributed by atoms with Crippen LogP contribution >= 0.6 is 11.6 Å². The Balaban J connectivity index is 2.06. The van der Waals surface area contributed by atoms with Gasteiger partial charge in [0.1, 0.15) is 12.0 Å². The van der Waals surface area contributed by atoms with Gasteiger partial charge < -0.3 is 9.32 Å². The van der Waals surface area contributed by atoms with Gasteiger partial charge in [-0.05, 0) is 38.7 Å². The van der Waals surface area contributed by atoms with E-state index in [4.69, 9.17) is 16.0 Å². The first-order chi connectivity index (χ1) is 8.22. The number of carbonyl (C=O) groups excluding carboxylic acids is 1. The van der Waals surface area contributed by atoms with Crippen molar-refractivity contribution in [1.82, 2.24) is 4.90 Å².